The van der Waals surface area contributed by atoms with Crippen LogP contribution < -0.4 is 4.74 Å². The average molecular weight is 440 g/mol. The monoisotopic (exact) mass is 439 g/mol. The van der Waals surface area contributed by atoms with Crippen molar-refractivity contribution in [2.24, 2.45) is 5.92 Å². The number of carbonyl (C=O) groups excluding carboxylic acids is 2. The highest BCUT2D eigenvalue weighted by Gasteiger charge is 2.61. The van der Waals surface area contributed by atoms with Gasteiger partial charge in [0.05, 0.1) is 0 Å². The summed E-state index contributed by atoms with van der Waals surface area (Å²) >= 11 is 0. The maximum atomic E-state index is 13.9. The van der Waals surface area contributed by atoms with Gasteiger partial charge in [0.15, 0.2) is 25.5 Å². The molecule has 0 radical (unpaired) electrons. The Labute approximate surface area is 183 Å². The third-order valence-electron chi connectivity index (χ3n) is 6.80. The molecule has 2 aliphatic carbocycles. The van der Waals surface area contributed by atoms with Gasteiger partial charge in [-0.3, -0.25) is 9.59 Å². The number of hydrogen-bond donors (Lipinski definition) is 0. The number of ketones is 2. The van der Waals surface area contributed by atoms with E-state index in [2.05, 4.69) is 39.0 Å². The van der Waals surface area contributed by atoms with Crippen molar-refractivity contribution in [1.29, 1.82) is 0 Å². The highest BCUT2D eigenvalue weighted by atomic mass is 28.4. The average Bonchev–Trinajstić information content (AvgIpc) is 3.11. The van der Waals surface area contributed by atoms with Crippen LogP contribution in [0.25, 0.3) is 0 Å². The minimum Gasteiger partial charge on any atom is -0.470 e. The third-order valence-corrected chi connectivity index (χ3v) is 11.2. The Morgan fingerprint density at radius 3 is 2.58 bits per heavy atom. The van der Waals surface area contributed by atoms with Crippen molar-refractivity contribution in [1.82, 2.24) is 5.16 Å². The van der Waals surface area contributed by atoms with E-state index in [1.54, 1.807) is 0 Å². The van der Waals surface area contributed by atoms with Crippen molar-refractivity contribution in [3.63, 3.8) is 0 Å². The summed E-state index contributed by atoms with van der Waals surface area (Å²) < 4.78 is 18.0. The van der Waals surface area contributed by atoms with E-state index < -0.39 is 13.9 Å². The van der Waals surface area contributed by atoms with Crippen molar-refractivity contribution in [2.45, 2.75) is 64.0 Å². The Kier molecular flexibility index (Phi) is 5.30. The van der Waals surface area contributed by atoms with Crippen molar-refractivity contribution in [2.75, 3.05) is 0 Å². The number of aromatic nitrogens is 1. The molecule has 164 valence electrons. The fraction of sp³-hybridized carbons (Fsp3) is 0.458. The summed E-state index contributed by atoms with van der Waals surface area (Å²) in [6.07, 6.45) is 4.30. The Morgan fingerprint density at radius 2 is 1.90 bits per heavy atom. The fourth-order valence-electron chi connectivity index (χ4n) is 3.99. The Bertz CT molecular complexity index is 1030. The molecule has 0 N–H and O–H groups in total. The van der Waals surface area contributed by atoms with Crippen molar-refractivity contribution in [3.8, 4) is 5.88 Å². The van der Waals surface area contributed by atoms with Crippen LogP contribution in [0.5, 0.6) is 5.88 Å². The molecule has 0 saturated heterocycles. The van der Waals surface area contributed by atoms with Gasteiger partial charge >= 0.3 is 0 Å². The molecule has 4 rings (SSSR count). The molecule has 0 amide bonds. The topological polar surface area (TPSA) is 78.6 Å². The molecule has 1 aromatic carbocycles. The molecule has 1 unspecified atom stereocenters. The largest absolute Gasteiger partial charge is 0.470 e. The normalized spacial score (nSPS) is 23.5. The number of allylic oxidation sites excluding steroid dienone is 1. The van der Waals surface area contributed by atoms with Gasteiger partial charge in [-0.25, -0.2) is 0 Å². The molecule has 7 heteroatoms. The summed E-state index contributed by atoms with van der Waals surface area (Å²) in [5, 5.41) is 3.87. The Morgan fingerprint density at radius 1 is 1.19 bits per heavy atom. The summed E-state index contributed by atoms with van der Waals surface area (Å²) in [5.41, 5.74) is -0.347. The van der Waals surface area contributed by atoms with Gasteiger partial charge < -0.3 is 13.7 Å². The lowest BCUT2D eigenvalue weighted by atomic mass is 9.68. The van der Waals surface area contributed by atoms with Gasteiger partial charge in [0, 0.05) is 12.3 Å². The zero-order chi connectivity index (χ0) is 22.4. The Balaban J connectivity index is 1.73. The minimum absolute atomic E-state index is 0.128. The van der Waals surface area contributed by atoms with Crippen LogP contribution in [0.15, 0.2) is 47.0 Å². The molecule has 1 aromatic heterocycles. The van der Waals surface area contributed by atoms with E-state index in [0.717, 1.165) is 5.56 Å². The third kappa shape index (κ3) is 3.59. The van der Waals surface area contributed by atoms with Gasteiger partial charge in [0.25, 0.3) is 5.88 Å². The molecular weight excluding hydrogens is 410 g/mol. The number of Topliss-reactive ketones (excluding diaryl/α,β-unsaturated/α-hetero) is 1. The van der Waals surface area contributed by atoms with Gasteiger partial charge in [-0.2, -0.15) is 0 Å². The summed E-state index contributed by atoms with van der Waals surface area (Å²) in [5.74, 6) is -0.394. The first kappa shape index (κ1) is 21.7. The van der Waals surface area contributed by atoms with E-state index in [4.69, 9.17) is 13.7 Å². The smallest absolute Gasteiger partial charge is 0.265 e. The quantitative estimate of drug-likeness (QED) is 0.487. The number of carbonyl (C=O) groups is 2. The molecule has 0 saturated carbocycles. The van der Waals surface area contributed by atoms with Crippen LogP contribution >= 0.6 is 0 Å². The summed E-state index contributed by atoms with van der Waals surface area (Å²) in [7, 11) is -2.45. The van der Waals surface area contributed by atoms with Gasteiger partial charge in [0.1, 0.15) is 12.2 Å². The van der Waals surface area contributed by atoms with Crippen molar-refractivity contribution < 1.29 is 23.3 Å². The van der Waals surface area contributed by atoms with Crippen LogP contribution in [-0.4, -0.2) is 30.6 Å². The molecular formula is C24H29NO5Si. The zero-order valence-corrected chi connectivity index (χ0v) is 19.7. The van der Waals surface area contributed by atoms with E-state index >= 15 is 0 Å². The van der Waals surface area contributed by atoms with Crippen LogP contribution in [0.4, 0.5) is 0 Å². The Hall–Kier alpha value is -2.51. The van der Waals surface area contributed by atoms with E-state index in [9.17, 15) is 9.59 Å². The van der Waals surface area contributed by atoms with E-state index in [0.29, 0.717) is 18.6 Å². The summed E-state index contributed by atoms with van der Waals surface area (Å²) in [4.78, 5) is 27.2. The number of nitrogens with zero attached hydrogens (tertiary/aromatic N) is 1. The van der Waals surface area contributed by atoms with Crippen LogP contribution in [0.2, 0.25) is 18.1 Å². The highest BCUT2D eigenvalue weighted by Crippen LogP contribution is 2.48. The second kappa shape index (κ2) is 7.57. The fourth-order valence-corrected chi connectivity index (χ4v) is 5.47. The molecule has 1 heterocycles. The van der Waals surface area contributed by atoms with Gasteiger partial charge in [0.2, 0.25) is 5.78 Å². The van der Waals surface area contributed by atoms with Crippen LogP contribution in [0.1, 0.15) is 48.9 Å². The number of rotatable bonds is 5. The second-order valence-electron chi connectivity index (χ2n) is 9.89. The first-order valence-electron chi connectivity index (χ1n) is 10.7. The van der Waals surface area contributed by atoms with Gasteiger partial charge in [-0.15, -0.1) is 0 Å². The summed E-state index contributed by atoms with van der Waals surface area (Å²) in [6, 6.07) is 9.63. The predicted molar refractivity (Wildman–Crippen MR) is 119 cm³/mol. The van der Waals surface area contributed by atoms with E-state index in [1.807, 2.05) is 36.4 Å². The van der Waals surface area contributed by atoms with Crippen LogP contribution in [-0.2, 0) is 22.2 Å². The molecule has 6 nitrogen and oxygen atoms in total. The van der Waals surface area contributed by atoms with Crippen molar-refractivity contribution in [3.05, 3.63) is 59.4 Å². The highest BCUT2D eigenvalue weighted by molar-refractivity contribution is 6.74. The predicted octanol–water partition coefficient (Wildman–Crippen LogP) is 4.90. The van der Waals surface area contributed by atoms with Gasteiger partial charge in [-0.05, 0) is 41.3 Å². The molecule has 2 atom stereocenters. The lowest BCUT2D eigenvalue weighted by Crippen LogP contribution is -2.63. The van der Waals surface area contributed by atoms with E-state index in [1.165, 1.54) is 6.08 Å². The standard InChI is InChI=1S/C24H29NO5Si/c1-23(2,3)31(4,5)30-24-17(12-9-13-19(24)26)14-18-20(21(24)27)22(25-29-18)28-15-16-10-7-6-8-11-16/h6-11,13,17H,12,14-15H2,1-5H3/t17-,24?/m0/s1. The molecule has 0 bridgehead atoms. The minimum atomic E-state index is -2.45. The van der Waals surface area contributed by atoms with Gasteiger partial charge in [-0.1, -0.05) is 57.2 Å². The molecule has 31 heavy (non-hydrogen) atoms. The molecule has 2 aliphatic rings. The lowest BCUT2D eigenvalue weighted by Gasteiger charge is -2.48. The van der Waals surface area contributed by atoms with Crippen molar-refractivity contribution >= 4 is 19.9 Å². The molecule has 0 fully saturated rings. The maximum absolute atomic E-state index is 13.9. The van der Waals surface area contributed by atoms with E-state index in [-0.39, 0.29) is 40.6 Å². The van der Waals surface area contributed by atoms with Crippen LogP contribution in [0.3, 0.4) is 0 Å². The number of ether oxygens (including phenoxy) is 1. The zero-order valence-electron chi connectivity index (χ0n) is 18.7. The number of hydrogen-bond acceptors (Lipinski definition) is 6. The SMILES string of the molecule is CC(C)(C)[Si](C)(C)OC12C(=O)C=CC[C@H]1Cc1onc(OCc3ccccc3)c1C2=O. The number of benzene rings is 1. The lowest BCUT2D eigenvalue weighted by molar-refractivity contribution is -0.132. The first-order valence-corrected chi connectivity index (χ1v) is 13.6. The summed E-state index contributed by atoms with van der Waals surface area (Å²) in [6.45, 7) is 10.7. The molecule has 2 aromatic rings. The molecule has 0 spiro atoms. The molecule has 0 aliphatic heterocycles. The first-order chi connectivity index (χ1) is 14.6. The van der Waals surface area contributed by atoms with Crippen LogP contribution in [0, 0.1) is 5.92 Å². The second-order valence-corrected chi connectivity index (χ2v) is 14.6. The number of fused-ring (bicyclic) bond motifs is 2. The maximum Gasteiger partial charge on any atom is 0.265 e.